The van der Waals surface area contributed by atoms with Crippen LogP contribution in [0.5, 0.6) is 0 Å². The van der Waals surface area contributed by atoms with Gasteiger partial charge >= 0.3 is 7.60 Å². The van der Waals surface area contributed by atoms with Crippen LogP contribution in [-0.2, 0) is 41.7 Å². The van der Waals surface area contributed by atoms with Gasteiger partial charge in [0, 0.05) is 38.5 Å². The summed E-state index contributed by atoms with van der Waals surface area (Å²) >= 11 is 0. The van der Waals surface area contributed by atoms with Crippen LogP contribution in [0, 0.1) is 11.3 Å². The average molecular weight is 613 g/mol. The summed E-state index contributed by atoms with van der Waals surface area (Å²) in [5, 5.41) is 20.2. The van der Waals surface area contributed by atoms with Crippen LogP contribution in [0.1, 0.15) is 48.0 Å². The lowest BCUT2D eigenvalue weighted by Crippen LogP contribution is -2.43. The Bertz CT molecular complexity index is 842. The van der Waals surface area contributed by atoms with Gasteiger partial charge in [-0.1, -0.05) is 0 Å². The Morgan fingerprint density at radius 2 is 1.82 bits per heavy atom. The SMILES string of the molecule is CCOP(=O)(CO[C@H]1O[C@@H](N(C)/C=C\C(=O)NCO)C(OC)C1OP(OCCC#N)N(C(C)C)C(C)C)OCC. The summed E-state index contributed by atoms with van der Waals surface area (Å²) in [7, 11) is -2.14. The Morgan fingerprint density at radius 3 is 2.33 bits per heavy atom. The van der Waals surface area contributed by atoms with Crippen molar-refractivity contribution in [2.45, 2.75) is 84.8 Å². The fraction of sp³-hybridized carbons (Fsp3) is 0.833. The number of carbonyl (C=O) groups excluding carboxylic acids is 1. The maximum absolute atomic E-state index is 13.1. The number of hydrogen-bond donors (Lipinski definition) is 2. The van der Waals surface area contributed by atoms with Gasteiger partial charge in [0.25, 0.3) is 8.53 Å². The van der Waals surface area contributed by atoms with Gasteiger partial charge in [0.05, 0.1) is 32.3 Å². The molecule has 0 aromatic carbocycles. The van der Waals surface area contributed by atoms with Crippen molar-refractivity contribution in [2.75, 3.05) is 47.1 Å². The largest absolute Gasteiger partial charge is 0.376 e. The third-order valence-electron chi connectivity index (χ3n) is 5.46. The minimum absolute atomic E-state index is 0.0402. The Balaban J connectivity index is 3.37. The molecule has 3 unspecified atom stereocenters. The minimum Gasteiger partial charge on any atom is -0.376 e. The molecule has 5 atom stereocenters. The molecule has 2 N–H and O–H groups in total. The monoisotopic (exact) mass is 612 g/mol. The molecule has 16 heteroatoms. The second kappa shape index (κ2) is 19.1. The predicted molar refractivity (Wildman–Crippen MR) is 148 cm³/mol. The van der Waals surface area contributed by atoms with E-state index < -0.39 is 59.8 Å². The molecule has 0 aromatic rings. The van der Waals surface area contributed by atoms with Crippen molar-refractivity contribution in [1.82, 2.24) is 14.9 Å². The molecule has 232 valence electrons. The number of nitrogens with one attached hydrogen (secondary N) is 1. The molecule has 0 bridgehead atoms. The number of amides is 1. The van der Waals surface area contributed by atoms with Crippen molar-refractivity contribution in [1.29, 1.82) is 5.26 Å². The van der Waals surface area contributed by atoms with Crippen molar-refractivity contribution < 1.29 is 46.8 Å². The molecule has 1 heterocycles. The lowest BCUT2D eigenvalue weighted by atomic mass is 10.2. The van der Waals surface area contributed by atoms with Gasteiger partial charge in [-0.3, -0.25) is 9.36 Å². The van der Waals surface area contributed by atoms with Gasteiger partial charge in [-0.15, -0.1) is 0 Å². The smallest absolute Gasteiger partial charge is 0.356 e. The van der Waals surface area contributed by atoms with Gasteiger partial charge in [-0.25, -0.2) is 4.67 Å². The van der Waals surface area contributed by atoms with Crippen LogP contribution < -0.4 is 5.32 Å². The number of rotatable bonds is 20. The van der Waals surface area contributed by atoms with Gasteiger partial charge in [0.15, 0.2) is 18.9 Å². The Labute approximate surface area is 239 Å². The van der Waals surface area contributed by atoms with Crippen molar-refractivity contribution in [2.24, 2.45) is 0 Å². The van der Waals surface area contributed by atoms with Crippen molar-refractivity contribution in [3.8, 4) is 6.07 Å². The lowest BCUT2D eigenvalue weighted by molar-refractivity contribution is -0.171. The standard InChI is InChI=1S/C24H46N4O10P2/c1-9-35-40(31,36-10-2)17-33-24-22(38-39(34-15-11-13-25)28(18(3)4)19(5)6)21(32-8)23(37-24)27(7)14-12-20(30)26-16-29/h12,14,18-19,21-24,29H,9-11,15-17H2,1-8H3,(H,26,30)/b14-12-/t21?,22?,23-,24+,39?/m1/s1. The first-order chi connectivity index (χ1) is 19.0. The van der Waals surface area contributed by atoms with Gasteiger partial charge < -0.3 is 47.6 Å². The summed E-state index contributed by atoms with van der Waals surface area (Å²) in [4.78, 5) is 13.4. The number of ether oxygens (including phenoxy) is 3. The zero-order valence-electron chi connectivity index (χ0n) is 24.7. The predicted octanol–water partition coefficient (Wildman–Crippen LogP) is 3.10. The summed E-state index contributed by atoms with van der Waals surface area (Å²) in [5.41, 5.74) is 0. The third kappa shape index (κ3) is 11.6. The molecule has 1 saturated heterocycles. The minimum atomic E-state index is -3.59. The van der Waals surface area contributed by atoms with Crippen molar-refractivity contribution >= 4 is 22.0 Å². The highest BCUT2D eigenvalue weighted by Gasteiger charge is 2.51. The highest BCUT2D eigenvalue weighted by molar-refractivity contribution is 7.53. The molecule has 0 aliphatic carbocycles. The number of methoxy groups -OCH3 is 1. The zero-order valence-corrected chi connectivity index (χ0v) is 26.5. The van der Waals surface area contributed by atoms with Crippen LogP contribution in [-0.4, -0.2) is 104 Å². The molecule has 14 nitrogen and oxygen atoms in total. The summed E-state index contributed by atoms with van der Waals surface area (Å²) < 4.78 is 56.5. The van der Waals surface area contributed by atoms with Gasteiger partial charge in [-0.2, -0.15) is 5.26 Å². The van der Waals surface area contributed by atoms with E-state index in [1.54, 1.807) is 25.8 Å². The normalized spacial score (nSPS) is 22.4. The maximum atomic E-state index is 13.1. The molecule has 40 heavy (non-hydrogen) atoms. The second-order valence-electron chi connectivity index (χ2n) is 9.13. The number of aliphatic hydroxyl groups is 1. The van der Waals surface area contributed by atoms with Crippen LogP contribution >= 0.6 is 16.1 Å². The molecule has 0 saturated carbocycles. The molecule has 0 spiro atoms. The van der Waals surface area contributed by atoms with Crippen LogP contribution in [0.15, 0.2) is 12.3 Å². The number of carbonyl (C=O) groups is 1. The zero-order chi connectivity index (χ0) is 30.3. The average Bonchev–Trinajstić information content (AvgIpc) is 3.23. The summed E-state index contributed by atoms with van der Waals surface area (Å²) in [6, 6.07) is 2.15. The number of hydrogen-bond acceptors (Lipinski definition) is 13. The molecule has 1 aliphatic rings. The highest BCUT2D eigenvalue weighted by atomic mass is 31.2. The Morgan fingerprint density at radius 1 is 1.20 bits per heavy atom. The van der Waals surface area contributed by atoms with E-state index in [0.29, 0.717) is 0 Å². The number of aliphatic hydroxyl groups excluding tert-OH is 1. The summed E-state index contributed by atoms with van der Waals surface area (Å²) in [5.74, 6) is -0.504. The molecule has 0 aromatic heterocycles. The van der Waals surface area contributed by atoms with E-state index >= 15 is 0 Å². The molecule has 1 fully saturated rings. The first kappa shape index (κ1) is 36.8. The van der Waals surface area contributed by atoms with Gasteiger partial charge in [-0.05, 0) is 41.5 Å². The Kier molecular flexibility index (Phi) is 17.6. The number of nitrogens with zero attached hydrogens (tertiary/aromatic N) is 3. The second-order valence-corrected chi connectivity index (χ2v) is 12.5. The summed E-state index contributed by atoms with van der Waals surface area (Å²) in [6.45, 7) is 11.4. The fourth-order valence-corrected chi connectivity index (χ4v) is 6.98. The first-order valence-electron chi connectivity index (χ1n) is 13.2. The van der Waals surface area contributed by atoms with E-state index in [1.165, 1.54) is 19.4 Å². The Hall–Kier alpha value is -1.20. The maximum Gasteiger partial charge on any atom is 0.356 e. The van der Waals surface area contributed by atoms with Gasteiger partial charge in [0.1, 0.15) is 18.9 Å². The topological polar surface area (TPSA) is 161 Å². The molecular formula is C24H46N4O10P2. The fourth-order valence-electron chi connectivity index (χ4n) is 3.91. The van der Waals surface area contributed by atoms with E-state index in [9.17, 15) is 9.36 Å². The van der Waals surface area contributed by atoms with Crippen molar-refractivity contribution in [3.05, 3.63) is 12.3 Å². The van der Waals surface area contributed by atoms with Crippen LogP contribution in [0.4, 0.5) is 0 Å². The lowest BCUT2D eigenvalue weighted by Gasteiger charge is -2.38. The molecule has 1 rings (SSSR count). The third-order valence-corrected chi connectivity index (χ3v) is 9.35. The van der Waals surface area contributed by atoms with E-state index in [-0.39, 0.29) is 38.3 Å². The first-order valence-corrected chi connectivity index (χ1v) is 16.1. The van der Waals surface area contributed by atoms with Crippen molar-refractivity contribution in [3.63, 3.8) is 0 Å². The van der Waals surface area contributed by atoms with E-state index in [0.717, 1.165) is 0 Å². The van der Waals surface area contributed by atoms with Crippen LogP contribution in [0.25, 0.3) is 0 Å². The molecule has 1 aliphatic heterocycles. The quantitative estimate of drug-likeness (QED) is 0.0894. The highest BCUT2D eigenvalue weighted by Crippen LogP contribution is 2.52. The van der Waals surface area contributed by atoms with Crippen LogP contribution in [0.2, 0.25) is 0 Å². The number of nitriles is 1. The number of likely N-dealkylation sites (N-methyl/N-ethyl adjacent to an activating group) is 1. The van der Waals surface area contributed by atoms with E-state index in [1.807, 2.05) is 27.7 Å². The van der Waals surface area contributed by atoms with E-state index in [4.69, 9.17) is 42.7 Å². The molecule has 1 amide bonds. The van der Waals surface area contributed by atoms with Crippen LogP contribution in [0.3, 0.4) is 0 Å². The molecular weight excluding hydrogens is 566 g/mol. The molecule has 0 radical (unpaired) electrons. The van der Waals surface area contributed by atoms with E-state index in [2.05, 4.69) is 16.1 Å². The summed E-state index contributed by atoms with van der Waals surface area (Å²) in [6.07, 6.45) is -1.02. The van der Waals surface area contributed by atoms with Gasteiger partial charge in [0.2, 0.25) is 5.91 Å².